The molecule has 0 spiro atoms. The van der Waals surface area contributed by atoms with Gasteiger partial charge in [-0.15, -0.1) is 11.3 Å². The molecule has 5 nitrogen and oxygen atoms in total. The molecule has 2 aromatic heterocycles. The highest BCUT2D eigenvalue weighted by Gasteiger charge is 2.34. The van der Waals surface area contributed by atoms with E-state index in [1.54, 1.807) is 30.3 Å². The lowest BCUT2D eigenvalue weighted by atomic mass is 10.3. The van der Waals surface area contributed by atoms with Crippen molar-refractivity contribution < 1.29 is 13.2 Å². The fourth-order valence-electron chi connectivity index (χ4n) is 2.67. The van der Waals surface area contributed by atoms with Crippen LogP contribution in [-0.4, -0.2) is 55.1 Å². The van der Waals surface area contributed by atoms with E-state index in [1.807, 2.05) is 16.3 Å². The van der Waals surface area contributed by atoms with Gasteiger partial charge in [0.05, 0.1) is 0 Å². The summed E-state index contributed by atoms with van der Waals surface area (Å²) in [5.74, 6) is 0.410. The predicted octanol–water partition coefficient (Wildman–Crippen LogP) is 2.95. The fourth-order valence-corrected chi connectivity index (χ4v) is 3.41. The number of halogens is 3. The standard InChI is InChI=1S/C16H20F3N5S/c1-22(2)14-10-13(16(17,18)19)20-15(21-14)24-7-5-23(6-8-24)11-12-4-3-9-25-12/h3-4,9-10H,5-8,11H2,1-2H3. The van der Waals surface area contributed by atoms with E-state index in [9.17, 15) is 13.2 Å². The average molecular weight is 371 g/mol. The maximum Gasteiger partial charge on any atom is 0.433 e. The van der Waals surface area contributed by atoms with Gasteiger partial charge in [-0.3, -0.25) is 4.90 Å². The Balaban J connectivity index is 1.73. The number of aromatic nitrogens is 2. The lowest BCUT2D eigenvalue weighted by Gasteiger charge is -2.35. The molecule has 0 aliphatic carbocycles. The van der Waals surface area contributed by atoms with Crippen LogP contribution in [-0.2, 0) is 12.7 Å². The first kappa shape index (κ1) is 17.9. The quantitative estimate of drug-likeness (QED) is 0.826. The minimum absolute atomic E-state index is 0.147. The SMILES string of the molecule is CN(C)c1cc(C(F)(F)F)nc(N2CCN(Cc3cccs3)CC2)n1. The highest BCUT2D eigenvalue weighted by Crippen LogP contribution is 2.31. The average Bonchev–Trinajstić information content (AvgIpc) is 3.07. The molecule has 0 bridgehead atoms. The third-order valence-corrected chi connectivity index (χ3v) is 4.93. The Bertz CT molecular complexity index is 694. The van der Waals surface area contributed by atoms with Gasteiger partial charge >= 0.3 is 6.18 Å². The molecular weight excluding hydrogens is 351 g/mol. The third kappa shape index (κ3) is 4.40. The number of hydrogen-bond acceptors (Lipinski definition) is 6. The van der Waals surface area contributed by atoms with Crippen LogP contribution >= 0.6 is 11.3 Å². The Morgan fingerprint density at radius 2 is 1.88 bits per heavy atom. The number of rotatable bonds is 4. The van der Waals surface area contributed by atoms with Gasteiger partial charge in [0.25, 0.3) is 0 Å². The van der Waals surface area contributed by atoms with Crippen molar-refractivity contribution in [3.05, 3.63) is 34.2 Å². The Morgan fingerprint density at radius 3 is 2.44 bits per heavy atom. The molecule has 1 aliphatic heterocycles. The summed E-state index contributed by atoms with van der Waals surface area (Å²) in [6.45, 7) is 3.64. The molecule has 0 unspecified atom stereocenters. The minimum Gasteiger partial charge on any atom is -0.363 e. The second-order valence-electron chi connectivity index (χ2n) is 6.15. The van der Waals surface area contributed by atoms with Crippen LogP contribution in [0.4, 0.5) is 24.9 Å². The summed E-state index contributed by atoms with van der Waals surface area (Å²) in [5, 5.41) is 2.05. The summed E-state index contributed by atoms with van der Waals surface area (Å²) in [6.07, 6.45) is -4.48. The normalized spacial score (nSPS) is 16.3. The van der Waals surface area contributed by atoms with E-state index in [4.69, 9.17) is 0 Å². The van der Waals surface area contributed by atoms with Crippen molar-refractivity contribution in [2.75, 3.05) is 50.1 Å². The molecule has 0 radical (unpaired) electrons. The predicted molar refractivity (Wildman–Crippen MR) is 93.2 cm³/mol. The maximum absolute atomic E-state index is 13.1. The van der Waals surface area contributed by atoms with Crippen molar-refractivity contribution in [2.45, 2.75) is 12.7 Å². The number of hydrogen-bond donors (Lipinski definition) is 0. The highest BCUT2D eigenvalue weighted by molar-refractivity contribution is 7.09. The molecule has 3 rings (SSSR count). The van der Waals surface area contributed by atoms with Crippen LogP contribution < -0.4 is 9.80 Å². The molecule has 0 saturated carbocycles. The monoisotopic (exact) mass is 371 g/mol. The van der Waals surface area contributed by atoms with Crippen LogP contribution in [0.25, 0.3) is 0 Å². The van der Waals surface area contributed by atoms with Gasteiger partial charge in [-0.2, -0.15) is 18.2 Å². The topological polar surface area (TPSA) is 35.5 Å². The van der Waals surface area contributed by atoms with Crippen molar-refractivity contribution >= 4 is 23.1 Å². The van der Waals surface area contributed by atoms with E-state index in [0.29, 0.717) is 13.1 Å². The van der Waals surface area contributed by atoms with Gasteiger partial charge in [0.1, 0.15) is 5.82 Å². The second kappa shape index (κ2) is 7.17. The van der Waals surface area contributed by atoms with Gasteiger partial charge in [-0.1, -0.05) is 6.07 Å². The minimum atomic E-state index is -4.48. The summed E-state index contributed by atoms with van der Waals surface area (Å²) >= 11 is 1.71. The number of nitrogens with zero attached hydrogens (tertiary/aromatic N) is 5. The Kier molecular flexibility index (Phi) is 5.14. The molecule has 1 saturated heterocycles. The van der Waals surface area contributed by atoms with Gasteiger partial charge in [0, 0.05) is 57.8 Å². The smallest absolute Gasteiger partial charge is 0.363 e. The summed E-state index contributed by atoms with van der Waals surface area (Å²) in [7, 11) is 3.34. The van der Waals surface area contributed by atoms with Crippen LogP contribution in [0.15, 0.2) is 23.6 Å². The number of anilines is 2. The molecule has 1 aliphatic rings. The Hall–Kier alpha value is -1.87. The number of alkyl halides is 3. The zero-order chi connectivity index (χ0) is 18.0. The summed E-state index contributed by atoms with van der Waals surface area (Å²) in [5.41, 5.74) is -0.901. The third-order valence-electron chi connectivity index (χ3n) is 4.06. The van der Waals surface area contributed by atoms with Crippen molar-refractivity contribution in [3.63, 3.8) is 0 Å². The van der Waals surface area contributed by atoms with E-state index in [0.717, 1.165) is 25.7 Å². The first-order valence-electron chi connectivity index (χ1n) is 7.96. The van der Waals surface area contributed by atoms with E-state index in [2.05, 4.69) is 20.9 Å². The van der Waals surface area contributed by atoms with Crippen LogP contribution in [0.2, 0.25) is 0 Å². The Morgan fingerprint density at radius 1 is 1.16 bits per heavy atom. The van der Waals surface area contributed by atoms with Crippen molar-refractivity contribution in [1.29, 1.82) is 0 Å². The van der Waals surface area contributed by atoms with Crippen LogP contribution in [0.1, 0.15) is 10.6 Å². The van der Waals surface area contributed by atoms with Gasteiger partial charge in [0.2, 0.25) is 5.95 Å². The molecule has 0 aromatic carbocycles. The van der Waals surface area contributed by atoms with Gasteiger partial charge < -0.3 is 9.80 Å². The first-order chi connectivity index (χ1) is 11.8. The number of piperazine rings is 1. The van der Waals surface area contributed by atoms with Crippen LogP contribution in [0.3, 0.4) is 0 Å². The van der Waals surface area contributed by atoms with Gasteiger partial charge in [0.15, 0.2) is 5.69 Å². The summed E-state index contributed by atoms with van der Waals surface area (Å²) in [4.78, 5) is 15.0. The molecule has 25 heavy (non-hydrogen) atoms. The molecule has 1 fully saturated rings. The summed E-state index contributed by atoms with van der Waals surface area (Å²) < 4.78 is 39.4. The lowest BCUT2D eigenvalue weighted by molar-refractivity contribution is -0.141. The molecule has 0 N–H and O–H groups in total. The molecule has 0 atom stereocenters. The number of thiophene rings is 1. The van der Waals surface area contributed by atoms with E-state index in [1.165, 1.54) is 4.88 Å². The zero-order valence-corrected chi connectivity index (χ0v) is 14.9. The van der Waals surface area contributed by atoms with Gasteiger partial charge in [-0.25, -0.2) is 4.98 Å². The van der Waals surface area contributed by atoms with Crippen LogP contribution in [0.5, 0.6) is 0 Å². The van der Waals surface area contributed by atoms with Crippen LogP contribution in [0, 0.1) is 0 Å². The van der Waals surface area contributed by atoms with Crippen molar-refractivity contribution in [1.82, 2.24) is 14.9 Å². The zero-order valence-electron chi connectivity index (χ0n) is 14.1. The molecule has 0 amide bonds. The molecule has 3 heterocycles. The van der Waals surface area contributed by atoms with Crippen molar-refractivity contribution in [3.8, 4) is 0 Å². The molecule has 2 aromatic rings. The highest BCUT2D eigenvalue weighted by atomic mass is 32.1. The molecular formula is C16H20F3N5S. The Labute approximate surface area is 148 Å². The summed E-state index contributed by atoms with van der Waals surface area (Å²) in [6, 6.07) is 5.10. The van der Waals surface area contributed by atoms with Crippen molar-refractivity contribution in [2.24, 2.45) is 0 Å². The molecule has 9 heteroatoms. The maximum atomic E-state index is 13.1. The fraction of sp³-hybridized carbons (Fsp3) is 0.500. The molecule has 136 valence electrons. The van der Waals surface area contributed by atoms with Gasteiger partial charge in [-0.05, 0) is 11.4 Å². The lowest BCUT2D eigenvalue weighted by Crippen LogP contribution is -2.46. The second-order valence-corrected chi connectivity index (χ2v) is 7.18. The van der Waals surface area contributed by atoms with E-state index >= 15 is 0 Å². The van der Waals surface area contributed by atoms with E-state index < -0.39 is 11.9 Å². The van der Waals surface area contributed by atoms with E-state index in [-0.39, 0.29) is 11.8 Å². The largest absolute Gasteiger partial charge is 0.433 e. The first-order valence-corrected chi connectivity index (χ1v) is 8.84.